The molecule has 0 unspecified atom stereocenters. The number of hydrogen-bond acceptors (Lipinski definition) is 5. The fourth-order valence-corrected chi connectivity index (χ4v) is 2.62. The smallest absolute Gasteiger partial charge is 0.416 e. The molecule has 27 heavy (non-hydrogen) atoms. The third-order valence-corrected chi connectivity index (χ3v) is 4.01. The van der Waals surface area contributed by atoms with Gasteiger partial charge in [-0.25, -0.2) is 14.7 Å². The Hall–Kier alpha value is -2.90. The van der Waals surface area contributed by atoms with E-state index in [0.29, 0.717) is 13.1 Å². The van der Waals surface area contributed by atoms with Crippen molar-refractivity contribution in [2.75, 3.05) is 19.7 Å². The van der Waals surface area contributed by atoms with Gasteiger partial charge in [-0.15, -0.1) is 0 Å². The van der Waals surface area contributed by atoms with Gasteiger partial charge >= 0.3 is 6.09 Å². The first-order chi connectivity index (χ1) is 13.2. The normalized spacial score (nSPS) is 10.4. The minimum atomic E-state index is -0.486. The van der Waals surface area contributed by atoms with E-state index in [-0.39, 0.29) is 12.6 Å². The number of nitrogens with one attached hydrogen (secondary N) is 3. The Morgan fingerprint density at radius 3 is 2.78 bits per heavy atom. The average molecular weight is 372 g/mol. The number of rotatable bonds is 10. The van der Waals surface area contributed by atoms with Gasteiger partial charge in [0.15, 0.2) is 0 Å². The van der Waals surface area contributed by atoms with Crippen LogP contribution in [0.5, 0.6) is 0 Å². The van der Waals surface area contributed by atoms with Gasteiger partial charge in [0.05, 0.1) is 18.6 Å². The van der Waals surface area contributed by atoms with E-state index in [1.165, 1.54) is 4.90 Å². The number of ether oxygens (including phenoxy) is 1. The van der Waals surface area contributed by atoms with Crippen LogP contribution in [-0.4, -0.2) is 51.6 Å². The monoisotopic (exact) mass is 372 g/mol. The van der Waals surface area contributed by atoms with Crippen molar-refractivity contribution in [3.63, 3.8) is 0 Å². The molecule has 0 fully saturated rings. The van der Waals surface area contributed by atoms with Gasteiger partial charge < -0.3 is 15.0 Å². The molecule has 0 radical (unpaired) electrons. The van der Waals surface area contributed by atoms with Crippen molar-refractivity contribution in [2.24, 2.45) is 0 Å². The predicted molar refractivity (Wildman–Crippen MR) is 104 cm³/mol. The number of H-pyrrole nitrogens is 1. The number of nitrogens with zero attached hydrogens (tertiary/aromatic N) is 3. The quantitative estimate of drug-likeness (QED) is 0.338. The summed E-state index contributed by atoms with van der Waals surface area (Å²) in [6.45, 7) is 3.08. The maximum atomic E-state index is 12.2. The number of aromatic nitrogens is 3. The van der Waals surface area contributed by atoms with E-state index in [4.69, 9.17) is 10.1 Å². The summed E-state index contributed by atoms with van der Waals surface area (Å²) >= 11 is 0. The Morgan fingerprint density at radius 1 is 1.22 bits per heavy atom. The topological polar surface area (TPSA) is 107 Å². The van der Waals surface area contributed by atoms with Gasteiger partial charge in [0, 0.05) is 31.2 Å². The summed E-state index contributed by atoms with van der Waals surface area (Å²) in [4.78, 5) is 24.9. The van der Waals surface area contributed by atoms with Crippen molar-refractivity contribution in [1.29, 1.82) is 5.41 Å². The number of amides is 1. The number of aromatic amines is 1. The molecule has 0 spiro atoms. The Kier molecular flexibility index (Phi) is 8.82. The van der Waals surface area contributed by atoms with Gasteiger partial charge in [0.1, 0.15) is 0 Å². The van der Waals surface area contributed by atoms with Gasteiger partial charge in [-0.05, 0) is 51.2 Å². The summed E-state index contributed by atoms with van der Waals surface area (Å²) in [5, 5.41) is 11.2. The lowest BCUT2D eigenvalue weighted by Gasteiger charge is -2.23. The molecule has 2 aromatic rings. The predicted octanol–water partition coefficient (Wildman–Crippen LogP) is 2.74. The molecule has 0 saturated carbocycles. The highest BCUT2D eigenvalue weighted by atomic mass is 16.6. The second kappa shape index (κ2) is 11.7. The Bertz CT molecular complexity index is 675. The average Bonchev–Trinajstić information content (AvgIpc) is 3.19. The summed E-state index contributed by atoms with van der Waals surface area (Å²) < 4.78 is 5.09. The second-order valence-corrected chi connectivity index (χ2v) is 6.07. The van der Waals surface area contributed by atoms with Crippen LogP contribution in [0.1, 0.15) is 37.6 Å². The molecule has 2 aromatic heterocycles. The van der Waals surface area contributed by atoms with Crippen LogP contribution >= 0.6 is 0 Å². The van der Waals surface area contributed by atoms with Crippen LogP contribution < -0.4 is 5.32 Å². The fraction of sp³-hybridized carbons (Fsp3) is 0.474. The molecule has 0 aliphatic rings. The molecule has 0 aliphatic heterocycles. The number of imidazole rings is 1. The molecule has 2 heterocycles. The number of guanidine groups is 1. The van der Waals surface area contributed by atoms with Crippen LogP contribution in [0, 0.1) is 5.41 Å². The van der Waals surface area contributed by atoms with Crippen molar-refractivity contribution in [3.8, 4) is 0 Å². The Morgan fingerprint density at radius 2 is 2.07 bits per heavy atom. The molecule has 8 nitrogen and oxygen atoms in total. The Balaban J connectivity index is 1.74. The molecular weight excluding hydrogens is 344 g/mol. The van der Waals surface area contributed by atoms with E-state index in [1.54, 1.807) is 19.4 Å². The number of aryl methyl sites for hydroxylation is 2. The lowest BCUT2D eigenvalue weighted by atomic mass is 10.2. The molecule has 0 aliphatic carbocycles. The van der Waals surface area contributed by atoms with E-state index in [0.717, 1.165) is 43.5 Å². The van der Waals surface area contributed by atoms with E-state index in [1.807, 2.05) is 24.4 Å². The third-order valence-electron chi connectivity index (χ3n) is 4.01. The summed E-state index contributed by atoms with van der Waals surface area (Å²) in [7, 11) is 0. The number of hydrogen-bond donors (Lipinski definition) is 3. The van der Waals surface area contributed by atoms with Gasteiger partial charge in [-0.3, -0.25) is 10.4 Å². The SMILES string of the molecule is CCOC(=O)N(CCCCc1ccccn1)C(=N)NCCCc1c[nH]cn1. The molecule has 1 amide bonds. The molecule has 0 aromatic carbocycles. The van der Waals surface area contributed by atoms with Crippen LogP contribution in [0.4, 0.5) is 4.79 Å². The van der Waals surface area contributed by atoms with E-state index >= 15 is 0 Å². The summed E-state index contributed by atoms with van der Waals surface area (Å²) in [5.74, 6) is 0.0771. The summed E-state index contributed by atoms with van der Waals surface area (Å²) in [6.07, 6.45) is 8.95. The van der Waals surface area contributed by atoms with Crippen molar-refractivity contribution in [3.05, 3.63) is 48.3 Å². The van der Waals surface area contributed by atoms with Gasteiger partial charge in [-0.1, -0.05) is 6.07 Å². The highest BCUT2D eigenvalue weighted by Gasteiger charge is 2.19. The fourth-order valence-electron chi connectivity index (χ4n) is 2.62. The molecule has 3 N–H and O–H groups in total. The van der Waals surface area contributed by atoms with Gasteiger partial charge in [-0.2, -0.15) is 0 Å². The molecule has 0 atom stereocenters. The lowest BCUT2D eigenvalue weighted by Crippen LogP contribution is -2.45. The highest BCUT2D eigenvalue weighted by Crippen LogP contribution is 2.05. The highest BCUT2D eigenvalue weighted by molar-refractivity contribution is 5.92. The molecule has 0 saturated heterocycles. The molecule has 2 rings (SSSR count). The maximum absolute atomic E-state index is 12.2. The largest absolute Gasteiger partial charge is 0.449 e. The van der Waals surface area contributed by atoms with Crippen LogP contribution in [0.25, 0.3) is 0 Å². The van der Waals surface area contributed by atoms with Crippen molar-refractivity contribution < 1.29 is 9.53 Å². The first-order valence-corrected chi connectivity index (χ1v) is 9.35. The van der Waals surface area contributed by atoms with E-state index in [9.17, 15) is 4.79 Å². The van der Waals surface area contributed by atoms with E-state index in [2.05, 4.69) is 20.3 Å². The van der Waals surface area contributed by atoms with E-state index < -0.39 is 6.09 Å². The first-order valence-electron chi connectivity index (χ1n) is 9.35. The molecule has 8 heteroatoms. The van der Waals surface area contributed by atoms with Crippen molar-refractivity contribution in [2.45, 2.75) is 39.0 Å². The van der Waals surface area contributed by atoms with Crippen molar-refractivity contribution in [1.82, 2.24) is 25.2 Å². The Labute approximate surface area is 159 Å². The number of carbonyl (C=O) groups excluding carboxylic acids is 1. The van der Waals surface area contributed by atoms with Crippen LogP contribution in [0.15, 0.2) is 36.9 Å². The third kappa shape index (κ3) is 7.47. The van der Waals surface area contributed by atoms with Crippen LogP contribution in [-0.2, 0) is 17.6 Å². The second-order valence-electron chi connectivity index (χ2n) is 6.07. The van der Waals surface area contributed by atoms with Gasteiger partial charge in [0.2, 0.25) is 5.96 Å². The minimum absolute atomic E-state index is 0.0771. The van der Waals surface area contributed by atoms with Crippen LogP contribution in [0.3, 0.4) is 0 Å². The zero-order valence-electron chi connectivity index (χ0n) is 15.8. The number of carbonyl (C=O) groups is 1. The summed E-state index contributed by atoms with van der Waals surface area (Å²) in [5.41, 5.74) is 2.02. The minimum Gasteiger partial charge on any atom is -0.449 e. The molecule has 146 valence electrons. The number of unbranched alkanes of at least 4 members (excludes halogenated alkanes) is 1. The van der Waals surface area contributed by atoms with Crippen molar-refractivity contribution >= 4 is 12.1 Å². The molecule has 0 bridgehead atoms. The lowest BCUT2D eigenvalue weighted by molar-refractivity contribution is 0.126. The standard InChI is InChI=1S/C19H28N6O2/c1-2-27-19(26)25(13-6-4-9-16-8-3-5-11-22-16)18(20)23-12-7-10-17-14-21-15-24-17/h3,5,8,11,14-15H,2,4,6-7,9-10,12-13H2,1H3,(H2,20,23)(H,21,24). The first kappa shape index (κ1) is 20.4. The van der Waals surface area contributed by atoms with Crippen LogP contribution in [0.2, 0.25) is 0 Å². The summed E-state index contributed by atoms with van der Waals surface area (Å²) in [6, 6.07) is 5.85. The zero-order valence-corrected chi connectivity index (χ0v) is 15.8. The zero-order chi connectivity index (χ0) is 19.3. The maximum Gasteiger partial charge on any atom is 0.416 e. The number of pyridine rings is 1. The molecular formula is C19H28N6O2. The van der Waals surface area contributed by atoms with Gasteiger partial charge in [0.25, 0.3) is 0 Å².